The average Bonchev–Trinajstić information content (AvgIpc) is 1.35. The fraction of sp³-hybridized carbons (Fsp3) is 1.00. The van der Waals surface area contributed by atoms with E-state index in [1.165, 1.54) is 11.4 Å². The van der Waals surface area contributed by atoms with E-state index in [4.69, 9.17) is 0 Å². The van der Waals surface area contributed by atoms with Gasteiger partial charge in [-0.05, 0) is 0 Å². The molecule has 6 heavy (non-hydrogen) atoms. The number of rotatable bonds is 2. The van der Waals surface area contributed by atoms with Crippen LogP contribution in [0, 0.1) is 0 Å². The first kappa shape index (κ1) is 6.71. The van der Waals surface area contributed by atoms with Crippen molar-refractivity contribution < 1.29 is 4.20 Å². The summed E-state index contributed by atoms with van der Waals surface area (Å²) in [4.78, 5) is 0. The molecule has 0 fully saturated rings. The van der Waals surface area contributed by atoms with Gasteiger partial charge < -0.3 is 0 Å². The summed E-state index contributed by atoms with van der Waals surface area (Å²) in [5, 5.41) is 0.452. The molecule has 0 amide bonds. The predicted octanol–water partition coefficient (Wildman–Crippen LogP) is 2.61. The van der Waals surface area contributed by atoms with Gasteiger partial charge in [-0.15, -0.1) is 11.4 Å². The molecule has 1 atom stereocenters. The highest BCUT2D eigenvalue weighted by atomic mass is 32.7. The molecule has 1 unspecified atom stereocenters. The zero-order chi connectivity index (χ0) is 4.99. The molecule has 0 aromatic rings. The molecule has 0 rings (SSSR count). The van der Waals surface area contributed by atoms with Gasteiger partial charge in [-0.1, -0.05) is 13.8 Å². The van der Waals surface area contributed by atoms with Crippen LogP contribution in [0.15, 0.2) is 0 Å². The second-order valence-corrected chi connectivity index (χ2v) is 3.75. The Balaban J connectivity index is 2.63. The standard InChI is InChI=1S/C3H8FPS/c1-3(2)6-5-4/h3,5H,1-2H3. The fourth-order valence-electron chi connectivity index (χ4n) is 0.0891. The Morgan fingerprint density at radius 3 is 2.17 bits per heavy atom. The van der Waals surface area contributed by atoms with Gasteiger partial charge in [0.05, 0.1) is 0 Å². The summed E-state index contributed by atoms with van der Waals surface area (Å²) in [5.41, 5.74) is 0. The topological polar surface area (TPSA) is 0 Å². The van der Waals surface area contributed by atoms with Crippen LogP contribution < -0.4 is 0 Å². The SMILES string of the molecule is CC(C)SPF. The Bertz CT molecular complexity index is 32.0. The summed E-state index contributed by atoms with van der Waals surface area (Å²) in [7, 11) is -0.445. The van der Waals surface area contributed by atoms with Gasteiger partial charge in [-0.2, -0.15) is 0 Å². The van der Waals surface area contributed by atoms with Crippen molar-refractivity contribution in [3.8, 4) is 0 Å². The third kappa shape index (κ3) is 4.71. The summed E-state index contributed by atoms with van der Waals surface area (Å²) < 4.78 is 11.2. The third-order valence-electron chi connectivity index (χ3n) is 0.280. The smallest absolute Gasteiger partial charge is 0.127 e. The molecular weight excluding hydrogens is 118 g/mol. The fourth-order valence-corrected chi connectivity index (χ4v) is 0.802. The lowest BCUT2D eigenvalue weighted by atomic mass is 10.6. The molecule has 0 radical (unpaired) electrons. The lowest BCUT2D eigenvalue weighted by Gasteiger charge is -1.93. The molecular formula is C3H8FPS. The summed E-state index contributed by atoms with van der Waals surface area (Å²) >= 11 is 1.35. The zero-order valence-electron chi connectivity index (χ0n) is 3.86. The molecule has 0 bridgehead atoms. The van der Waals surface area contributed by atoms with E-state index in [1.807, 2.05) is 13.8 Å². The second kappa shape index (κ2) is 3.89. The molecule has 0 spiro atoms. The van der Waals surface area contributed by atoms with Crippen molar-refractivity contribution in [1.29, 1.82) is 0 Å². The molecule has 0 saturated carbocycles. The number of hydrogen-bond donors (Lipinski definition) is 0. The van der Waals surface area contributed by atoms with Crippen molar-refractivity contribution in [2.45, 2.75) is 19.1 Å². The van der Waals surface area contributed by atoms with Crippen molar-refractivity contribution in [1.82, 2.24) is 0 Å². The van der Waals surface area contributed by atoms with E-state index in [1.54, 1.807) is 0 Å². The number of halogens is 1. The van der Waals surface area contributed by atoms with Crippen LogP contribution in [0.4, 0.5) is 4.20 Å². The summed E-state index contributed by atoms with van der Waals surface area (Å²) in [6.07, 6.45) is 0. The minimum absolute atomic E-state index is 0.445. The Morgan fingerprint density at radius 1 is 1.67 bits per heavy atom. The predicted molar refractivity (Wildman–Crippen MR) is 32.1 cm³/mol. The maximum Gasteiger partial charge on any atom is 0.127 e. The third-order valence-corrected chi connectivity index (χ3v) is 2.52. The van der Waals surface area contributed by atoms with Gasteiger partial charge in [-0.25, -0.2) is 4.20 Å². The van der Waals surface area contributed by atoms with Gasteiger partial charge in [0.25, 0.3) is 0 Å². The highest BCUT2D eigenvalue weighted by Crippen LogP contribution is 2.33. The van der Waals surface area contributed by atoms with Crippen LogP contribution >= 0.6 is 19.5 Å². The molecule has 0 N–H and O–H groups in total. The first-order chi connectivity index (χ1) is 2.77. The van der Waals surface area contributed by atoms with Gasteiger partial charge >= 0.3 is 0 Å². The van der Waals surface area contributed by atoms with Crippen molar-refractivity contribution in [3.05, 3.63) is 0 Å². The molecule has 0 aromatic carbocycles. The first-order valence-corrected chi connectivity index (χ1v) is 4.27. The van der Waals surface area contributed by atoms with E-state index in [0.29, 0.717) is 5.25 Å². The summed E-state index contributed by atoms with van der Waals surface area (Å²) in [5.74, 6) is 0. The first-order valence-electron chi connectivity index (χ1n) is 1.78. The molecule has 3 heteroatoms. The van der Waals surface area contributed by atoms with E-state index < -0.39 is 8.09 Å². The quantitative estimate of drug-likeness (QED) is 0.512. The van der Waals surface area contributed by atoms with Gasteiger partial charge in [0, 0.05) is 5.25 Å². The highest BCUT2D eigenvalue weighted by molar-refractivity contribution is 8.48. The molecule has 0 saturated heterocycles. The normalized spacial score (nSPS) is 12.0. The van der Waals surface area contributed by atoms with Crippen LogP contribution in [-0.2, 0) is 0 Å². The second-order valence-electron chi connectivity index (χ2n) is 1.24. The van der Waals surface area contributed by atoms with Crippen LogP contribution in [-0.4, -0.2) is 5.25 Å². The molecule has 0 nitrogen and oxygen atoms in total. The van der Waals surface area contributed by atoms with E-state index in [0.717, 1.165) is 0 Å². The Hall–Kier alpha value is 0.710. The largest absolute Gasteiger partial charge is 0.218 e. The van der Waals surface area contributed by atoms with E-state index in [2.05, 4.69) is 0 Å². The zero-order valence-corrected chi connectivity index (χ0v) is 5.68. The van der Waals surface area contributed by atoms with E-state index in [-0.39, 0.29) is 0 Å². The van der Waals surface area contributed by atoms with Gasteiger partial charge in [0.2, 0.25) is 0 Å². The van der Waals surface area contributed by atoms with Crippen molar-refractivity contribution in [2.75, 3.05) is 0 Å². The van der Waals surface area contributed by atoms with Gasteiger partial charge in [0.1, 0.15) is 8.09 Å². The number of hydrogen-bond acceptors (Lipinski definition) is 1. The van der Waals surface area contributed by atoms with Crippen molar-refractivity contribution in [3.63, 3.8) is 0 Å². The molecule has 38 valence electrons. The molecule has 0 aromatic heterocycles. The van der Waals surface area contributed by atoms with Crippen LogP contribution in [0.2, 0.25) is 0 Å². The summed E-state index contributed by atoms with van der Waals surface area (Å²) in [6, 6.07) is 0. The summed E-state index contributed by atoms with van der Waals surface area (Å²) in [6.45, 7) is 3.97. The lowest BCUT2D eigenvalue weighted by Crippen LogP contribution is -1.76. The Morgan fingerprint density at radius 2 is 2.17 bits per heavy atom. The van der Waals surface area contributed by atoms with Crippen LogP contribution in [0.25, 0.3) is 0 Å². The monoisotopic (exact) mass is 126 g/mol. The Labute approximate surface area is 43.5 Å². The molecule has 0 aliphatic carbocycles. The molecule has 0 aliphatic rings. The minimum Gasteiger partial charge on any atom is -0.218 e. The molecule has 0 heterocycles. The van der Waals surface area contributed by atoms with Gasteiger partial charge in [0.15, 0.2) is 0 Å². The van der Waals surface area contributed by atoms with Gasteiger partial charge in [-0.3, -0.25) is 0 Å². The van der Waals surface area contributed by atoms with Crippen molar-refractivity contribution >= 4 is 19.5 Å². The maximum atomic E-state index is 11.2. The molecule has 0 aliphatic heterocycles. The average molecular weight is 126 g/mol. The van der Waals surface area contributed by atoms with Crippen LogP contribution in [0.5, 0.6) is 0 Å². The minimum atomic E-state index is -0.445. The van der Waals surface area contributed by atoms with E-state index >= 15 is 0 Å². The van der Waals surface area contributed by atoms with E-state index in [9.17, 15) is 4.20 Å². The maximum absolute atomic E-state index is 11.2. The lowest BCUT2D eigenvalue weighted by molar-refractivity contribution is 0.935. The highest BCUT2D eigenvalue weighted by Gasteiger charge is 1.88. The van der Waals surface area contributed by atoms with Crippen LogP contribution in [0.1, 0.15) is 13.8 Å². The Kier molecular flexibility index (Phi) is 4.34. The van der Waals surface area contributed by atoms with Crippen LogP contribution in [0.3, 0.4) is 0 Å². The van der Waals surface area contributed by atoms with Crippen molar-refractivity contribution in [2.24, 2.45) is 0 Å².